The number of nitrogens with one attached hydrogen (secondary N) is 1. The van der Waals surface area contributed by atoms with Crippen molar-refractivity contribution in [3.8, 4) is 0 Å². The highest BCUT2D eigenvalue weighted by atomic mass is 19.1. The molecule has 1 aromatic carbocycles. The number of hydrogen-bond acceptors (Lipinski definition) is 2. The summed E-state index contributed by atoms with van der Waals surface area (Å²) in [6, 6.07) is 4.66. The van der Waals surface area contributed by atoms with Crippen LogP contribution in [0.4, 0.5) is 4.39 Å². The van der Waals surface area contributed by atoms with Gasteiger partial charge in [0.1, 0.15) is 5.82 Å². The van der Waals surface area contributed by atoms with E-state index in [1.807, 2.05) is 13.8 Å². The topological polar surface area (TPSA) is 32.3 Å². The van der Waals surface area contributed by atoms with Crippen molar-refractivity contribution in [2.45, 2.75) is 32.9 Å². The molecule has 2 unspecified atom stereocenters. The molecule has 0 heterocycles. The van der Waals surface area contributed by atoms with Gasteiger partial charge < -0.3 is 10.4 Å². The lowest BCUT2D eigenvalue weighted by Gasteiger charge is -2.27. The van der Waals surface area contributed by atoms with Crippen LogP contribution in [0.5, 0.6) is 0 Å². The molecule has 2 N–H and O–H groups in total. The monoisotopic (exact) mass is 251 g/mol. The quantitative estimate of drug-likeness (QED) is 0.762. The molecule has 1 rings (SSSR count). The lowest BCUT2D eigenvalue weighted by molar-refractivity contribution is 0.107. The molecule has 100 valence electrons. The fraction of sp³-hybridized carbons (Fsp3) is 0.467. The predicted molar refractivity (Wildman–Crippen MR) is 72.9 cm³/mol. The molecule has 0 fully saturated rings. The van der Waals surface area contributed by atoms with Gasteiger partial charge in [0.2, 0.25) is 0 Å². The number of rotatable bonds is 6. The van der Waals surface area contributed by atoms with Crippen molar-refractivity contribution in [3.63, 3.8) is 0 Å². The van der Waals surface area contributed by atoms with Crippen LogP contribution in [0.25, 0.3) is 0 Å². The van der Waals surface area contributed by atoms with Crippen LogP contribution in [0.3, 0.4) is 0 Å². The number of aliphatic hydroxyl groups is 1. The molecular formula is C15H22FNO. The normalized spacial score (nSPS) is 14.6. The third-order valence-electron chi connectivity index (χ3n) is 3.08. The molecular weight excluding hydrogens is 229 g/mol. The van der Waals surface area contributed by atoms with Gasteiger partial charge in [0.15, 0.2) is 0 Å². The van der Waals surface area contributed by atoms with Gasteiger partial charge in [-0.15, -0.1) is 6.58 Å². The van der Waals surface area contributed by atoms with Gasteiger partial charge in [-0.25, -0.2) is 4.39 Å². The van der Waals surface area contributed by atoms with Gasteiger partial charge >= 0.3 is 0 Å². The van der Waals surface area contributed by atoms with Crippen molar-refractivity contribution in [2.24, 2.45) is 5.92 Å². The van der Waals surface area contributed by atoms with E-state index in [1.54, 1.807) is 25.1 Å². The van der Waals surface area contributed by atoms with Crippen LogP contribution in [-0.2, 0) is 0 Å². The fourth-order valence-electron chi connectivity index (χ4n) is 1.99. The van der Waals surface area contributed by atoms with Crippen LogP contribution in [0.15, 0.2) is 30.9 Å². The van der Waals surface area contributed by atoms with Gasteiger partial charge in [-0.2, -0.15) is 0 Å². The summed E-state index contributed by atoms with van der Waals surface area (Å²) < 4.78 is 13.2. The first-order valence-corrected chi connectivity index (χ1v) is 6.25. The second kappa shape index (κ2) is 6.66. The summed E-state index contributed by atoms with van der Waals surface area (Å²) in [6.07, 6.45) is 1.11. The van der Waals surface area contributed by atoms with Crippen LogP contribution in [0, 0.1) is 18.7 Å². The Morgan fingerprint density at radius 1 is 1.44 bits per heavy atom. The average Bonchev–Trinajstić information content (AvgIpc) is 2.32. The fourth-order valence-corrected chi connectivity index (χ4v) is 1.99. The van der Waals surface area contributed by atoms with Gasteiger partial charge in [-0.1, -0.05) is 32.1 Å². The summed E-state index contributed by atoms with van der Waals surface area (Å²) >= 11 is 0. The third-order valence-corrected chi connectivity index (χ3v) is 3.08. The molecule has 0 amide bonds. The molecule has 2 nitrogen and oxygen atoms in total. The minimum absolute atomic E-state index is 0.0761. The van der Waals surface area contributed by atoms with Gasteiger partial charge in [0.05, 0.1) is 6.10 Å². The van der Waals surface area contributed by atoms with Crippen molar-refractivity contribution in [3.05, 3.63) is 47.8 Å². The van der Waals surface area contributed by atoms with E-state index in [4.69, 9.17) is 0 Å². The highest BCUT2D eigenvalue weighted by Gasteiger charge is 2.23. The van der Waals surface area contributed by atoms with E-state index < -0.39 is 6.10 Å². The summed E-state index contributed by atoms with van der Waals surface area (Å²) in [5.41, 5.74) is 1.29. The molecule has 2 atom stereocenters. The summed E-state index contributed by atoms with van der Waals surface area (Å²) in [4.78, 5) is 0. The van der Waals surface area contributed by atoms with E-state index in [0.29, 0.717) is 12.1 Å². The zero-order valence-electron chi connectivity index (χ0n) is 11.3. The highest BCUT2D eigenvalue weighted by molar-refractivity contribution is 5.26. The van der Waals surface area contributed by atoms with E-state index in [9.17, 15) is 9.50 Å². The summed E-state index contributed by atoms with van der Waals surface area (Å²) in [5, 5.41) is 13.6. The molecule has 0 spiro atoms. The third kappa shape index (κ3) is 3.65. The molecule has 0 saturated heterocycles. The first-order chi connectivity index (χ1) is 8.47. The predicted octanol–water partition coefficient (Wildman–Crippen LogP) is 2.97. The standard InChI is InChI=1S/C15H22FNO/c1-5-8-17-14(10(2)3)15(18)12-6-7-13(16)11(4)9-12/h5-7,9-10,14-15,17-18H,1,8H2,2-4H3. The Morgan fingerprint density at radius 2 is 2.11 bits per heavy atom. The molecule has 0 aliphatic carbocycles. The smallest absolute Gasteiger partial charge is 0.126 e. The van der Waals surface area contributed by atoms with Crippen molar-refractivity contribution in [1.82, 2.24) is 5.32 Å². The Bertz CT molecular complexity index is 403. The SMILES string of the molecule is C=CCNC(C(C)C)C(O)c1ccc(F)c(C)c1. The molecule has 0 aliphatic rings. The molecule has 0 radical (unpaired) electrons. The van der Waals surface area contributed by atoms with E-state index in [2.05, 4.69) is 11.9 Å². The van der Waals surface area contributed by atoms with Crippen molar-refractivity contribution < 1.29 is 9.50 Å². The maximum absolute atomic E-state index is 13.2. The van der Waals surface area contributed by atoms with Gasteiger partial charge in [0.25, 0.3) is 0 Å². The lowest BCUT2D eigenvalue weighted by Crippen LogP contribution is -2.39. The van der Waals surface area contributed by atoms with Gasteiger partial charge in [-0.05, 0) is 30.0 Å². The zero-order chi connectivity index (χ0) is 13.7. The number of aliphatic hydroxyl groups excluding tert-OH is 1. The van der Waals surface area contributed by atoms with Crippen LogP contribution < -0.4 is 5.32 Å². The zero-order valence-corrected chi connectivity index (χ0v) is 11.3. The Hall–Kier alpha value is -1.19. The molecule has 18 heavy (non-hydrogen) atoms. The average molecular weight is 251 g/mol. The van der Waals surface area contributed by atoms with Crippen LogP contribution in [0.1, 0.15) is 31.1 Å². The van der Waals surface area contributed by atoms with Crippen molar-refractivity contribution in [2.75, 3.05) is 6.54 Å². The van der Waals surface area contributed by atoms with E-state index >= 15 is 0 Å². The maximum Gasteiger partial charge on any atom is 0.126 e. The largest absolute Gasteiger partial charge is 0.387 e. The number of benzene rings is 1. The first-order valence-electron chi connectivity index (χ1n) is 6.25. The Kier molecular flexibility index (Phi) is 5.51. The minimum atomic E-state index is -0.649. The van der Waals surface area contributed by atoms with Crippen LogP contribution >= 0.6 is 0 Å². The van der Waals surface area contributed by atoms with E-state index in [-0.39, 0.29) is 17.8 Å². The second-order valence-electron chi connectivity index (χ2n) is 4.92. The summed E-state index contributed by atoms with van der Waals surface area (Å²) in [6.45, 7) is 10.1. The van der Waals surface area contributed by atoms with Crippen LogP contribution in [-0.4, -0.2) is 17.7 Å². The highest BCUT2D eigenvalue weighted by Crippen LogP contribution is 2.23. The molecule has 0 aromatic heterocycles. The second-order valence-corrected chi connectivity index (χ2v) is 4.92. The summed E-state index contributed by atoms with van der Waals surface area (Å²) in [7, 11) is 0. The van der Waals surface area contributed by atoms with Gasteiger partial charge in [0, 0.05) is 12.6 Å². The molecule has 0 aliphatic heterocycles. The Morgan fingerprint density at radius 3 is 2.61 bits per heavy atom. The molecule has 3 heteroatoms. The number of hydrogen-bond donors (Lipinski definition) is 2. The minimum Gasteiger partial charge on any atom is -0.387 e. The molecule has 1 aromatic rings. The van der Waals surface area contributed by atoms with Crippen molar-refractivity contribution >= 4 is 0 Å². The van der Waals surface area contributed by atoms with Gasteiger partial charge in [-0.3, -0.25) is 0 Å². The van der Waals surface area contributed by atoms with E-state index in [1.165, 1.54) is 6.07 Å². The lowest BCUT2D eigenvalue weighted by atomic mass is 9.92. The number of halogens is 1. The Labute approximate surface area is 109 Å². The number of aryl methyl sites for hydroxylation is 1. The van der Waals surface area contributed by atoms with Crippen molar-refractivity contribution in [1.29, 1.82) is 0 Å². The molecule has 0 bridgehead atoms. The van der Waals surface area contributed by atoms with Crippen LogP contribution in [0.2, 0.25) is 0 Å². The van der Waals surface area contributed by atoms with E-state index in [0.717, 1.165) is 5.56 Å². The first kappa shape index (κ1) is 14.9. The summed E-state index contributed by atoms with van der Waals surface area (Å²) in [5.74, 6) is 0.0245. The maximum atomic E-state index is 13.2. The Balaban J connectivity index is 2.90. The molecule has 0 saturated carbocycles.